The number of hydrogen-bond donors (Lipinski definition) is 0. The van der Waals surface area contributed by atoms with Crippen molar-refractivity contribution in [1.82, 2.24) is 0 Å². The van der Waals surface area contributed by atoms with Crippen LogP contribution in [0.15, 0.2) is 49.6 Å². The van der Waals surface area contributed by atoms with Crippen molar-refractivity contribution in [3.05, 3.63) is 60.7 Å². The summed E-state index contributed by atoms with van der Waals surface area (Å²) in [5.74, 6) is 0. The van der Waals surface area contributed by atoms with Gasteiger partial charge in [-0.25, -0.2) is 0 Å². The summed E-state index contributed by atoms with van der Waals surface area (Å²) in [6.07, 6.45) is 5.74. The van der Waals surface area contributed by atoms with Crippen molar-refractivity contribution in [2.24, 2.45) is 0 Å². The van der Waals surface area contributed by atoms with Gasteiger partial charge in [-0.15, -0.1) is 30.1 Å². The van der Waals surface area contributed by atoms with Crippen molar-refractivity contribution < 1.29 is 0 Å². The smallest absolute Gasteiger partial charge is 0.0100 e. The van der Waals surface area contributed by atoms with E-state index in [1.54, 1.807) is 0 Å². The standard InChI is InChI=1S/C12H14.BrH/c1-3-5-11-7-9-12(6-4-2)10-8-11;/h3-4,7-10H,1-2,5-6H2;1H. The number of allylic oxidation sites excluding steroid dienone is 2. The van der Waals surface area contributed by atoms with Gasteiger partial charge in [-0.2, -0.15) is 0 Å². The lowest BCUT2D eigenvalue weighted by molar-refractivity contribution is 1.22. The molecule has 0 aromatic heterocycles. The molecule has 0 aliphatic heterocycles. The number of hydrogen-bond acceptors (Lipinski definition) is 0. The highest BCUT2D eigenvalue weighted by Gasteiger charge is 1.90. The largest absolute Gasteiger partial charge is 0.114 e. The summed E-state index contributed by atoms with van der Waals surface area (Å²) < 4.78 is 0. The minimum atomic E-state index is 0. The van der Waals surface area contributed by atoms with Gasteiger partial charge >= 0.3 is 0 Å². The van der Waals surface area contributed by atoms with Crippen LogP contribution >= 0.6 is 17.0 Å². The number of rotatable bonds is 4. The van der Waals surface area contributed by atoms with Crippen molar-refractivity contribution in [3.8, 4) is 0 Å². The Morgan fingerprint density at radius 1 is 0.846 bits per heavy atom. The zero-order valence-corrected chi connectivity index (χ0v) is 9.41. The summed E-state index contributed by atoms with van der Waals surface area (Å²) in [7, 11) is 0. The van der Waals surface area contributed by atoms with Crippen LogP contribution in [0.3, 0.4) is 0 Å². The quantitative estimate of drug-likeness (QED) is 0.702. The molecule has 0 amide bonds. The summed E-state index contributed by atoms with van der Waals surface area (Å²) in [6.45, 7) is 7.40. The second-order valence-corrected chi connectivity index (χ2v) is 2.80. The zero-order chi connectivity index (χ0) is 8.81. The molecule has 0 heterocycles. The van der Waals surface area contributed by atoms with Crippen molar-refractivity contribution in [1.29, 1.82) is 0 Å². The average Bonchev–Trinajstić information content (AvgIpc) is 2.09. The minimum Gasteiger partial charge on any atom is -0.114 e. The van der Waals surface area contributed by atoms with Crippen LogP contribution in [-0.2, 0) is 12.8 Å². The molecule has 0 radical (unpaired) electrons. The Morgan fingerprint density at radius 3 is 1.38 bits per heavy atom. The molecule has 1 rings (SSSR count). The molecule has 0 aliphatic carbocycles. The van der Waals surface area contributed by atoms with Gasteiger partial charge in [-0.3, -0.25) is 0 Å². The fraction of sp³-hybridized carbons (Fsp3) is 0.167. The second-order valence-electron chi connectivity index (χ2n) is 2.80. The number of benzene rings is 1. The Bertz CT molecular complexity index is 230. The molecule has 1 heteroatoms. The fourth-order valence-electron chi connectivity index (χ4n) is 1.14. The summed E-state index contributed by atoms with van der Waals surface area (Å²) in [4.78, 5) is 0. The van der Waals surface area contributed by atoms with E-state index in [9.17, 15) is 0 Å². The van der Waals surface area contributed by atoms with Gasteiger partial charge in [0.25, 0.3) is 0 Å². The van der Waals surface area contributed by atoms with Crippen LogP contribution in [0.25, 0.3) is 0 Å². The van der Waals surface area contributed by atoms with Gasteiger partial charge in [-0.1, -0.05) is 36.4 Å². The van der Waals surface area contributed by atoms with Crippen LogP contribution in [0, 0.1) is 0 Å². The number of halogens is 1. The Balaban J connectivity index is 0.00000144. The second kappa shape index (κ2) is 6.67. The summed E-state index contributed by atoms with van der Waals surface area (Å²) in [6, 6.07) is 8.56. The first kappa shape index (κ1) is 12.2. The van der Waals surface area contributed by atoms with E-state index in [1.807, 2.05) is 12.2 Å². The Hall–Kier alpha value is -0.820. The highest BCUT2D eigenvalue weighted by Crippen LogP contribution is 2.06. The molecule has 0 aliphatic rings. The zero-order valence-electron chi connectivity index (χ0n) is 7.70. The molecule has 0 bridgehead atoms. The lowest BCUT2D eigenvalue weighted by atomic mass is 10.1. The van der Waals surface area contributed by atoms with Crippen LogP contribution < -0.4 is 0 Å². The highest BCUT2D eigenvalue weighted by atomic mass is 79.9. The average molecular weight is 239 g/mol. The molecule has 0 saturated carbocycles. The van der Waals surface area contributed by atoms with E-state index in [-0.39, 0.29) is 17.0 Å². The predicted molar refractivity (Wildman–Crippen MR) is 64.6 cm³/mol. The summed E-state index contributed by atoms with van der Waals surface area (Å²) >= 11 is 0. The first-order valence-corrected chi connectivity index (χ1v) is 4.16. The topological polar surface area (TPSA) is 0 Å². The lowest BCUT2D eigenvalue weighted by Gasteiger charge is -1.98. The Kier molecular flexibility index (Phi) is 6.25. The van der Waals surface area contributed by atoms with Gasteiger partial charge in [0.2, 0.25) is 0 Å². The van der Waals surface area contributed by atoms with Gasteiger partial charge in [0.05, 0.1) is 0 Å². The van der Waals surface area contributed by atoms with E-state index >= 15 is 0 Å². The molecule has 13 heavy (non-hydrogen) atoms. The van der Waals surface area contributed by atoms with Gasteiger partial charge < -0.3 is 0 Å². The van der Waals surface area contributed by atoms with Crippen molar-refractivity contribution in [2.75, 3.05) is 0 Å². The van der Waals surface area contributed by atoms with Crippen molar-refractivity contribution >= 4 is 17.0 Å². The van der Waals surface area contributed by atoms with Gasteiger partial charge in [0, 0.05) is 0 Å². The Morgan fingerprint density at radius 2 is 1.15 bits per heavy atom. The highest BCUT2D eigenvalue weighted by molar-refractivity contribution is 8.93. The molecule has 0 fully saturated rings. The molecular formula is C12H15Br. The van der Waals surface area contributed by atoms with Crippen LogP contribution in [0.4, 0.5) is 0 Å². The molecule has 70 valence electrons. The van der Waals surface area contributed by atoms with E-state index in [0.717, 1.165) is 12.8 Å². The third-order valence-electron chi connectivity index (χ3n) is 1.78. The van der Waals surface area contributed by atoms with Crippen LogP contribution in [0.5, 0.6) is 0 Å². The Labute approximate surface area is 90.8 Å². The first-order valence-electron chi connectivity index (χ1n) is 4.16. The monoisotopic (exact) mass is 238 g/mol. The van der Waals surface area contributed by atoms with Crippen LogP contribution in [0.2, 0.25) is 0 Å². The van der Waals surface area contributed by atoms with Crippen LogP contribution in [0.1, 0.15) is 11.1 Å². The molecule has 0 atom stereocenters. The molecule has 0 unspecified atom stereocenters. The van der Waals surface area contributed by atoms with E-state index < -0.39 is 0 Å². The van der Waals surface area contributed by atoms with E-state index in [1.165, 1.54) is 11.1 Å². The van der Waals surface area contributed by atoms with E-state index in [4.69, 9.17) is 0 Å². The summed E-state index contributed by atoms with van der Waals surface area (Å²) in [5, 5.41) is 0. The third-order valence-corrected chi connectivity index (χ3v) is 1.78. The first-order chi connectivity index (χ1) is 5.86. The molecule has 0 spiro atoms. The fourth-order valence-corrected chi connectivity index (χ4v) is 1.14. The lowest BCUT2D eigenvalue weighted by Crippen LogP contribution is -1.83. The maximum Gasteiger partial charge on any atom is -0.0100 e. The third kappa shape index (κ3) is 4.09. The SMILES string of the molecule is Br.C=CCc1ccc(CC=C)cc1. The van der Waals surface area contributed by atoms with E-state index in [0.29, 0.717) is 0 Å². The van der Waals surface area contributed by atoms with Gasteiger partial charge in [0.15, 0.2) is 0 Å². The molecule has 1 aromatic rings. The molecule has 0 saturated heterocycles. The summed E-state index contributed by atoms with van der Waals surface area (Å²) in [5.41, 5.74) is 2.63. The minimum absolute atomic E-state index is 0. The van der Waals surface area contributed by atoms with Gasteiger partial charge in [0.1, 0.15) is 0 Å². The molecule has 0 nitrogen and oxygen atoms in total. The maximum absolute atomic E-state index is 3.70. The normalized spacial score (nSPS) is 8.62. The van der Waals surface area contributed by atoms with E-state index in [2.05, 4.69) is 37.4 Å². The predicted octanol–water partition coefficient (Wildman–Crippen LogP) is 3.72. The van der Waals surface area contributed by atoms with Crippen molar-refractivity contribution in [2.45, 2.75) is 12.8 Å². The van der Waals surface area contributed by atoms with Gasteiger partial charge in [-0.05, 0) is 24.0 Å². The van der Waals surface area contributed by atoms with Crippen molar-refractivity contribution in [3.63, 3.8) is 0 Å². The molecular weight excluding hydrogens is 224 g/mol. The maximum atomic E-state index is 3.70. The molecule has 0 N–H and O–H groups in total. The van der Waals surface area contributed by atoms with Crippen LogP contribution in [-0.4, -0.2) is 0 Å². The molecule has 1 aromatic carbocycles.